The standard InChI is InChI=1S/C31H28ClN3O6/c1-40-25-15-12-19(16-26(25)41-2)24-17-23(34-35(24)27(36)8-5-9-28(37)38)30-29(18-10-13-20(32)14-11-18)21-6-3-4-7-22(21)33-31(30)39/h3-4,6-7,10-16,24H,5,8-9,17H2,1-2H3,(H,33,39)(H,37,38)/t24-/m0/s1. The first-order valence-corrected chi connectivity index (χ1v) is 13.4. The van der Waals surface area contributed by atoms with Gasteiger partial charge in [0.2, 0.25) is 5.91 Å². The number of benzene rings is 3. The van der Waals surface area contributed by atoms with Gasteiger partial charge in [-0.05, 0) is 47.9 Å². The third-order valence-corrected chi connectivity index (χ3v) is 7.33. The number of para-hydroxylation sites is 1. The number of ether oxygens (including phenoxy) is 2. The fourth-order valence-corrected chi connectivity index (χ4v) is 5.28. The van der Waals surface area contributed by atoms with Gasteiger partial charge in [0, 0.05) is 40.8 Å². The molecule has 9 nitrogen and oxygen atoms in total. The molecule has 0 radical (unpaired) electrons. The van der Waals surface area contributed by atoms with Crippen LogP contribution in [0.2, 0.25) is 5.02 Å². The molecule has 2 N–H and O–H groups in total. The fourth-order valence-electron chi connectivity index (χ4n) is 5.15. The Morgan fingerprint density at radius 2 is 1.73 bits per heavy atom. The number of pyridine rings is 1. The molecule has 2 heterocycles. The van der Waals surface area contributed by atoms with Gasteiger partial charge in [-0.25, -0.2) is 5.01 Å². The monoisotopic (exact) mass is 573 g/mol. The van der Waals surface area contributed by atoms with Gasteiger partial charge in [-0.15, -0.1) is 0 Å². The summed E-state index contributed by atoms with van der Waals surface area (Å²) in [6, 6.07) is 19.5. The minimum Gasteiger partial charge on any atom is -0.493 e. The van der Waals surface area contributed by atoms with Gasteiger partial charge in [-0.1, -0.05) is 48.0 Å². The number of carbonyl (C=O) groups is 2. The summed E-state index contributed by atoms with van der Waals surface area (Å²) in [5, 5.41) is 16.5. The highest BCUT2D eigenvalue weighted by Crippen LogP contribution is 2.40. The van der Waals surface area contributed by atoms with Crippen molar-refractivity contribution < 1.29 is 24.2 Å². The summed E-state index contributed by atoms with van der Waals surface area (Å²) in [6.45, 7) is 0. The number of aromatic nitrogens is 1. The van der Waals surface area contributed by atoms with E-state index in [9.17, 15) is 14.4 Å². The zero-order chi connectivity index (χ0) is 29.1. The van der Waals surface area contributed by atoms with E-state index < -0.39 is 12.0 Å². The Labute approximate surface area is 241 Å². The number of aliphatic carboxylic acids is 1. The van der Waals surface area contributed by atoms with Crippen LogP contribution in [0.15, 0.2) is 76.6 Å². The molecule has 210 valence electrons. The van der Waals surface area contributed by atoms with E-state index >= 15 is 0 Å². The van der Waals surface area contributed by atoms with Crippen LogP contribution in [0, 0.1) is 0 Å². The summed E-state index contributed by atoms with van der Waals surface area (Å²) in [5.41, 5.74) is 3.33. The average Bonchev–Trinajstić information content (AvgIpc) is 3.41. The van der Waals surface area contributed by atoms with Crippen molar-refractivity contribution in [1.29, 1.82) is 0 Å². The van der Waals surface area contributed by atoms with Crippen molar-refractivity contribution in [3.05, 3.63) is 93.2 Å². The van der Waals surface area contributed by atoms with Gasteiger partial charge in [-0.3, -0.25) is 14.4 Å². The van der Waals surface area contributed by atoms with E-state index in [0.717, 1.165) is 16.5 Å². The number of fused-ring (bicyclic) bond motifs is 1. The topological polar surface area (TPSA) is 121 Å². The maximum Gasteiger partial charge on any atom is 0.303 e. The van der Waals surface area contributed by atoms with Crippen LogP contribution in [0.1, 0.15) is 42.9 Å². The number of amides is 1. The summed E-state index contributed by atoms with van der Waals surface area (Å²) in [4.78, 5) is 41.1. The first-order chi connectivity index (χ1) is 19.8. The second kappa shape index (κ2) is 11.9. The number of nitrogens with one attached hydrogen (secondary N) is 1. The van der Waals surface area contributed by atoms with Crippen LogP contribution in [-0.2, 0) is 9.59 Å². The lowest BCUT2D eigenvalue weighted by molar-refractivity contribution is -0.137. The van der Waals surface area contributed by atoms with Crippen molar-refractivity contribution in [3.63, 3.8) is 0 Å². The van der Waals surface area contributed by atoms with E-state index in [1.54, 1.807) is 24.3 Å². The number of hydrogen-bond acceptors (Lipinski definition) is 6. The number of aromatic amines is 1. The molecule has 4 aromatic rings. The van der Waals surface area contributed by atoms with Crippen LogP contribution >= 0.6 is 11.6 Å². The highest BCUT2D eigenvalue weighted by atomic mass is 35.5. The number of hydrazone groups is 1. The predicted molar refractivity (Wildman–Crippen MR) is 157 cm³/mol. The molecule has 1 aromatic heterocycles. The van der Waals surface area contributed by atoms with E-state index in [-0.39, 0.29) is 37.1 Å². The maximum absolute atomic E-state index is 13.7. The van der Waals surface area contributed by atoms with Gasteiger partial charge >= 0.3 is 5.97 Å². The molecule has 41 heavy (non-hydrogen) atoms. The second-order valence-electron chi connectivity index (χ2n) is 9.62. The Hall–Kier alpha value is -4.63. The number of carbonyl (C=O) groups excluding carboxylic acids is 1. The molecule has 0 aliphatic carbocycles. The SMILES string of the molecule is COc1ccc([C@@H]2CC(c3c(-c4ccc(Cl)cc4)c4ccccc4[nH]c3=O)=NN2C(=O)CCCC(=O)O)cc1OC. The molecule has 0 bridgehead atoms. The highest BCUT2D eigenvalue weighted by Gasteiger charge is 2.35. The molecule has 0 saturated heterocycles. The molecule has 10 heteroatoms. The largest absolute Gasteiger partial charge is 0.493 e. The quantitative estimate of drug-likeness (QED) is 0.261. The Kier molecular flexibility index (Phi) is 8.07. The van der Waals surface area contributed by atoms with E-state index in [0.29, 0.717) is 38.9 Å². The molecular formula is C31H28ClN3O6. The summed E-state index contributed by atoms with van der Waals surface area (Å²) in [5.74, 6) is -0.297. The van der Waals surface area contributed by atoms with Gasteiger partial charge in [0.05, 0.1) is 31.5 Å². The zero-order valence-corrected chi connectivity index (χ0v) is 23.3. The van der Waals surface area contributed by atoms with Gasteiger partial charge < -0.3 is 19.6 Å². The van der Waals surface area contributed by atoms with Gasteiger partial charge in [-0.2, -0.15) is 5.10 Å². The van der Waals surface area contributed by atoms with Crippen LogP contribution in [0.5, 0.6) is 11.5 Å². The lowest BCUT2D eigenvalue weighted by atomic mass is 9.91. The normalized spacial score (nSPS) is 14.7. The number of halogens is 1. The molecule has 3 aromatic carbocycles. The fraction of sp³-hybridized carbons (Fsp3) is 0.226. The molecule has 1 aliphatic heterocycles. The first-order valence-electron chi connectivity index (χ1n) is 13.0. The van der Waals surface area contributed by atoms with Crippen molar-refractivity contribution >= 4 is 40.1 Å². The minimum absolute atomic E-state index is 0.00894. The number of nitrogens with zero attached hydrogens (tertiary/aromatic N) is 2. The zero-order valence-electron chi connectivity index (χ0n) is 22.5. The molecule has 0 spiro atoms. The Bertz CT molecular complexity index is 1710. The van der Waals surface area contributed by atoms with Gasteiger partial charge in [0.25, 0.3) is 5.56 Å². The van der Waals surface area contributed by atoms with Crippen molar-refractivity contribution in [2.75, 3.05) is 14.2 Å². The number of H-pyrrole nitrogens is 1. The molecular weight excluding hydrogens is 546 g/mol. The Balaban J connectivity index is 1.65. The Morgan fingerprint density at radius 1 is 1.00 bits per heavy atom. The molecule has 0 saturated carbocycles. The number of carboxylic acid groups (broad SMARTS) is 1. The van der Waals surface area contributed by atoms with E-state index in [2.05, 4.69) is 4.98 Å². The van der Waals surface area contributed by atoms with Gasteiger partial charge in [0.1, 0.15) is 0 Å². The van der Waals surface area contributed by atoms with Crippen molar-refractivity contribution in [3.8, 4) is 22.6 Å². The van der Waals surface area contributed by atoms with E-state index in [1.165, 1.54) is 19.2 Å². The van der Waals surface area contributed by atoms with Crippen LogP contribution in [0.25, 0.3) is 22.0 Å². The van der Waals surface area contributed by atoms with Crippen molar-refractivity contribution in [2.45, 2.75) is 31.7 Å². The first kappa shape index (κ1) is 27.9. The van der Waals surface area contributed by atoms with E-state index in [1.807, 2.05) is 42.5 Å². The van der Waals surface area contributed by atoms with Crippen molar-refractivity contribution in [1.82, 2.24) is 9.99 Å². The molecule has 1 amide bonds. The number of methoxy groups -OCH3 is 2. The van der Waals surface area contributed by atoms with Crippen LogP contribution in [-0.4, -0.2) is 46.9 Å². The minimum atomic E-state index is -0.977. The molecule has 0 fully saturated rings. The Morgan fingerprint density at radius 3 is 2.44 bits per heavy atom. The van der Waals surface area contributed by atoms with Crippen LogP contribution in [0.4, 0.5) is 0 Å². The average molecular weight is 574 g/mol. The number of rotatable bonds is 9. The molecule has 0 unspecified atom stereocenters. The predicted octanol–water partition coefficient (Wildman–Crippen LogP) is 5.80. The summed E-state index contributed by atoms with van der Waals surface area (Å²) in [7, 11) is 3.07. The molecule has 5 rings (SSSR count). The van der Waals surface area contributed by atoms with Crippen LogP contribution in [0.3, 0.4) is 0 Å². The number of hydrogen-bond donors (Lipinski definition) is 2. The second-order valence-corrected chi connectivity index (χ2v) is 10.1. The van der Waals surface area contributed by atoms with E-state index in [4.69, 9.17) is 31.3 Å². The van der Waals surface area contributed by atoms with Crippen LogP contribution < -0.4 is 15.0 Å². The summed E-state index contributed by atoms with van der Waals surface area (Å²) >= 11 is 6.17. The van der Waals surface area contributed by atoms with Gasteiger partial charge in [0.15, 0.2) is 11.5 Å². The summed E-state index contributed by atoms with van der Waals surface area (Å²) < 4.78 is 10.9. The molecule has 1 atom stereocenters. The highest BCUT2D eigenvalue weighted by molar-refractivity contribution is 6.30. The lowest BCUT2D eigenvalue weighted by Crippen LogP contribution is -2.27. The summed E-state index contributed by atoms with van der Waals surface area (Å²) in [6.07, 6.45) is 0.274. The number of carboxylic acids is 1. The molecule has 1 aliphatic rings. The van der Waals surface area contributed by atoms with Crippen molar-refractivity contribution in [2.24, 2.45) is 5.10 Å². The third kappa shape index (κ3) is 5.67. The lowest BCUT2D eigenvalue weighted by Gasteiger charge is -2.23. The third-order valence-electron chi connectivity index (χ3n) is 7.08. The maximum atomic E-state index is 13.7. The smallest absolute Gasteiger partial charge is 0.303 e.